The predicted octanol–water partition coefficient (Wildman–Crippen LogP) is 0.442. The second kappa shape index (κ2) is 5.58. The number of likely N-dealkylation sites (tertiary alicyclic amines) is 1. The van der Waals surface area contributed by atoms with Crippen LogP contribution >= 0.6 is 0 Å². The van der Waals surface area contributed by atoms with Crippen molar-refractivity contribution < 1.29 is 9.66 Å². The molecule has 0 aliphatic carbocycles. The number of nitrogen functional groups attached to an aromatic ring is 1. The Bertz CT molecular complexity index is 434. The Morgan fingerprint density at radius 1 is 1.44 bits per heavy atom. The summed E-state index contributed by atoms with van der Waals surface area (Å²) in [5, 5.41) is 10.8. The monoisotopic (exact) mass is 253 g/mol. The summed E-state index contributed by atoms with van der Waals surface area (Å²) in [5.74, 6) is -0.238. The minimum atomic E-state index is -0.624. The molecule has 1 fully saturated rings. The van der Waals surface area contributed by atoms with Crippen LogP contribution in [0.2, 0.25) is 0 Å². The Morgan fingerprint density at radius 2 is 2.17 bits per heavy atom. The zero-order valence-electron chi connectivity index (χ0n) is 9.91. The number of aromatic nitrogens is 2. The van der Waals surface area contributed by atoms with Gasteiger partial charge in [0.2, 0.25) is 5.82 Å². The van der Waals surface area contributed by atoms with Gasteiger partial charge in [-0.3, -0.25) is 15.0 Å². The van der Waals surface area contributed by atoms with E-state index in [1.54, 1.807) is 0 Å². The van der Waals surface area contributed by atoms with Crippen LogP contribution in [0.1, 0.15) is 12.8 Å². The first-order chi connectivity index (χ1) is 8.68. The van der Waals surface area contributed by atoms with E-state index >= 15 is 0 Å². The number of nitro groups is 1. The summed E-state index contributed by atoms with van der Waals surface area (Å²) < 4.78 is 5.33. The van der Waals surface area contributed by atoms with Gasteiger partial charge in [-0.15, -0.1) is 0 Å². The fourth-order valence-corrected chi connectivity index (χ4v) is 1.93. The molecule has 1 aliphatic rings. The summed E-state index contributed by atoms with van der Waals surface area (Å²) in [6.45, 7) is 3.20. The lowest BCUT2D eigenvalue weighted by Crippen LogP contribution is -2.25. The van der Waals surface area contributed by atoms with E-state index < -0.39 is 4.92 Å². The van der Waals surface area contributed by atoms with Crippen LogP contribution in [0.15, 0.2) is 6.33 Å². The Morgan fingerprint density at radius 3 is 2.83 bits per heavy atom. The summed E-state index contributed by atoms with van der Waals surface area (Å²) >= 11 is 0. The highest BCUT2D eigenvalue weighted by Gasteiger charge is 2.22. The molecule has 0 spiro atoms. The van der Waals surface area contributed by atoms with Crippen LogP contribution in [-0.2, 0) is 0 Å². The van der Waals surface area contributed by atoms with Crippen molar-refractivity contribution >= 4 is 11.5 Å². The molecule has 0 saturated carbocycles. The van der Waals surface area contributed by atoms with Gasteiger partial charge in [0.1, 0.15) is 12.9 Å². The molecule has 2 rings (SSSR count). The van der Waals surface area contributed by atoms with Gasteiger partial charge in [-0.1, -0.05) is 0 Å². The maximum absolute atomic E-state index is 10.8. The van der Waals surface area contributed by atoms with E-state index in [1.807, 2.05) is 0 Å². The van der Waals surface area contributed by atoms with Gasteiger partial charge >= 0.3 is 5.69 Å². The second-order valence-corrected chi connectivity index (χ2v) is 4.07. The molecule has 1 aromatic heterocycles. The second-order valence-electron chi connectivity index (χ2n) is 4.07. The molecule has 0 amide bonds. The van der Waals surface area contributed by atoms with Crippen molar-refractivity contribution in [2.45, 2.75) is 12.8 Å². The Labute approximate surface area is 104 Å². The molecule has 2 N–H and O–H groups in total. The lowest BCUT2D eigenvalue weighted by molar-refractivity contribution is -0.385. The summed E-state index contributed by atoms with van der Waals surface area (Å²) in [7, 11) is 0. The van der Waals surface area contributed by atoms with Crippen molar-refractivity contribution in [1.82, 2.24) is 14.9 Å². The van der Waals surface area contributed by atoms with Gasteiger partial charge in [0, 0.05) is 6.54 Å². The first-order valence-electron chi connectivity index (χ1n) is 5.78. The highest BCUT2D eigenvalue weighted by molar-refractivity contribution is 5.57. The zero-order valence-corrected chi connectivity index (χ0v) is 9.91. The van der Waals surface area contributed by atoms with Crippen LogP contribution in [-0.4, -0.2) is 46.0 Å². The average molecular weight is 253 g/mol. The fraction of sp³-hybridized carbons (Fsp3) is 0.600. The molecule has 8 heteroatoms. The molecule has 0 radical (unpaired) electrons. The van der Waals surface area contributed by atoms with E-state index in [9.17, 15) is 10.1 Å². The quantitative estimate of drug-likeness (QED) is 0.599. The molecular weight excluding hydrogens is 238 g/mol. The molecule has 8 nitrogen and oxygen atoms in total. The summed E-state index contributed by atoms with van der Waals surface area (Å²) in [5.41, 5.74) is 5.07. The third kappa shape index (κ3) is 2.83. The summed E-state index contributed by atoms with van der Waals surface area (Å²) in [4.78, 5) is 19.8. The highest BCUT2D eigenvalue weighted by atomic mass is 16.6. The highest BCUT2D eigenvalue weighted by Crippen LogP contribution is 2.28. The Balaban J connectivity index is 1.96. The van der Waals surface area contributed by atoms with E-state index in [0.717, 1.165) is 26.0 Å². The van der Waals surface area contributed by atoms with Crippen LogP contribution in [0.4, 0.5) is 11.5 Å². The SMILES string of the molecule is Nc1ncnc(OCCN2CCCC2)c1[N+](=O)[O-]. The lowest BCUT2D eigenvalue weighted by atomic mass is 10.4. The van der Waals surface area contributed by atoms with Crippen molar-refractivity contribution in [3.8, 4) is 5.88 Å². The largest absolute Gasteiger partial charge is 0.471 e. The molecular formula is C10H15N5O3. The van der Waals surface area contributed by atoms with Gasteiger partial charge in [0.25, 0.3) is 5.88 Å². The normalized spacial score (nSPS) is 15.8. The first kappa shape index (κ1) is 12.5. The van der Waals surface area contributed by atoms with Crippen LogP contribution in [0.3, 0.4) is 0 Å². The Hall–Kier alpha value is -1.96. The molecule has 1 aromatic rings. The van der Waals surface area contributed by atoms with Crippen molar-refractivity contribution in [3.05, 3.63) is 16.4 Å². The van der Waals surface area contributed by atoms with Gasteiger partial charge in [0.15, 0.2) is 0 Å². The van der Waals surface area contributed by atoms with E-state index in [4.69, 9.17) is 10.5 Å². The summed E-state index contributed by atoms with van der Waals surface area (Å²) in [6, 6.07) is 0. The Kier molecular flexibility index (Phi) is 3.88. The van der Waals surface area contributed by atoms with Gasteiger partial charge in [-0.2, -0.15) is 4.98 Å². The fourth-order valence-electron chi connectivity index (χ4n) is 1.93. The number of ether oxygens (including phenoxy) is 1. The van der Waals surface area contributed by atoms with Crippen molar-refractivity contribution in [3.63, 3.8) is 0 Å². The third-order valence-electron chi connectivity index (χ3n) is 2.84. The molecule has 0 bridgehead atoms. The maximum atomic E-state index is 10.8. The lowest BCUT2D eigenvalue weighted by Gasteiger charge is -2.14. The maximum Gasteiger partial charge on any atom is 0.372 e. The van der Waals surface area contributed by atoms with Gasteiger partial charge in [0.05, 0.1) is 4.92 Å². The number of nitrogens with zero attached hydrogens (tertiary/aromatic N) is 4. The van der Waals surface area contributed by atoms with Gasteiger partial charge < -0.3 is 10.5 Å². The molecule has 18 heavy (non-hydrogen) atoms. The van der Waals surface area contributed by atoms with Crippen LogP contribution in [0.5, 0.6) is 5.88 Å². The van der Waals surface area contributed by atoms with Crippen molar-refractivity contribution in [2.24, 2.45) is 0 Å². The molecule has 0 unspecified atom stereocenters. The summed E-state index contributed by atoms with van der Waals surface area (Å²) in [6.07, 6.45) is 3.55. The average Bonchev–Trinajstić information content (AvgIpc) is 2.81. The minimum Gasteiger partial charge on any atom is -0.471 e. The van der Waals surface area contributed by atoms with Crippen molar-refractivity contribution in [1.29, 1.82) is 0 Å². The van der Waals surface area contributed by atoms with E-state index in [1.165, 1.54) is 12.8 Å². The molecule has 1 aliphatic heterocycles. The van der Waals surface area contributed by atoms with Gasteiger partial charge in [-0.25, -0.2) is 4.98 Å². The van der Waals surface area contributed by atoms with Crippen LogP contribution < -0.4 is 10.5 Å². The predicted molar refractivity (Wildman–Crippen MR) is 64.3 cm³/mol. The first-order valence-corrected chi connectivity index (χ1v) is 5.78. The smallest absolute Gasteiger partial charge is 0.372 e. The number of hydrogen-bond donors (Lipinski definition) is 1. The van der Waals surface area contributed by atoms with Gasteiger partial charge in [-0.05, 0) is 25.9 Å². The molecule has 98 valence electrons. The molecule has 0 atom stereocenters. The van der Waals surface area contributed by atoms with Crippen molar-refractivity contribution in [2.75, 3.05) is 32.0 Å². The molecule has 1 saturated heterocycles. The number of rotatable bonds is 5. The minimum absolute atomic E-state index is 0.0632. The standard InChI is InChI=1S/C10H15N5O3/c11-9-8(15(16)17)10(13-7-12-9)18-6-5-14-3-1-2-4-14/h7H,1-6H2,(H2,11,12,13). The zero-order chi connectivity index (χ0) is 13.0. The topological polar surface area (TPSA) is 107 Å². The van der Waals surface area contributed by atoms with E-state index in [-0.39, 0.29) is 17.4 Å². The van der Waals surface area contributed by atoms with E-state index in [2.05, 4.69) is 14.9 Å². The number of anilines is 1. The van der Waals surface area contributed by atoms with Crippen LogP contribution in [0, 0.1) is 10.1 Å². The molecule has 0 aromatic carbocycles. The number of nitrogens with two attached hydrogens (primary N) is 1. The number of hydrogen-bond acceptors (Lipinski definition) is 7. The third-order valence-corrected chi connectivity index (χ3v) is 2.84. The molecule has 2 heterocycles. The van der Waals surface area contributed by atoms with E-state index in [0.29, 0.717) is 6.61 Å². The van der Waals surface area contributed by atoms with Crippen LogP contribution in [0.25, 0.3) is 0 Å².